The average molecular weight is 356 g/mol. The Hall–Kier alpha value is -2.64. The largest absolute Gasteiger partial charge is 0.497 e. The molecule has 0 aromatic heterocycles. The third-order valence-electron chi connectivity index (χ3n) is 4.63. The third-order valence-corrected chi connectivity index (χ3v) is 5.54. The fourth-order valence-corrected chi connectivity index (χ4v) is 3.99. The number of nitrogens with one attached hydrogen (secondary N) is 1. The van der Waals surface area contributed by atoms with Gasteiger partial charge in [0.05, 0.1) is 18.4 Å². The van der Waals surface area contributed by atoms with Crippen molar-refractivity contribution in [1.29, 1.82) is 0 Å². The Kier molecular flexibility index (Phi) is 3.45. The van der Waals surface area contributed by atoms with E-state index in [4.69, 9.17) is 9.88 Å². The minimum Gasteiger partial charge on any atom is -0.497 e. The highest BCUT2D eigenvalue weighted by Gasteiger charge is 2.30. The van der Waals surface area contributed by atoms with Crippen LogP contribution in [0.4, 0.5) is 5.69 Å². The first-order valence-corrected chi connectivity index (χ1v) is 9.28. The van der Waals surface area contributed by atoms with Crippen LogP contribution in [0.15, 0.2) is 41.3 Å². The Labute approximate surface area is 145 Å². The maximum atomic E-state index is 12.3. The number of benzene rings is 2. The van der Waals surface area contributed by atoms with Crippen LogP contribution in [0.3, 0.4) is 0 Å². The number of carbonyl (C=O) groups is 1. The van der Waals surface area contributed by atoms with Crippen molar-refractivity contribution in [1.82, 2.24) is 0 Å². The van der Waals surface area contributed by atoms with Gasteiger partial charge in [0.1, 0.15) is 5.75 Å². The number of carbonyl (C=O) groups excluding carboxylic acids is 1. The standard InChI is InChI=1S/C18H16N2O4S/c1-24-11-3-5-17-16(7-11)14-6-10-2-4-12(25(19,22)23)8-13(10)15(14)9-18(21)20-17/h2-5,7-8H,6,9H2,1H3,(H,20,21)(H2,19,22,23). The summed E-state index contributed by atoms with van der Waals surface area (Å²) in [6.45, 7) is 0. The number of rotatable bonds is 2. The molecule has 0 unspecified atom stereocenters. The highest BCUT2D eigenvalue weighted by Crippen LogP contribution is 2.45. The van der Waals surface area contributed by atoms with Crippen molar-refractivity contribution in [3.8, 4) is 5.75 Å². The van der Waals surface area contributed by atoms with Gasteiger partial charge in [0.25, 0.3) is 0 Å². The summed E-state index contributed by atoms with van der Waals surface area (Å²) in [5.41, 5.74) is 5.23. The summed E-state index contributed by atoms with van der Waals surface area (Å²) >= 11 is 0. The van der Waals surface area contributed by atoms with Crippen LogP contribution in [0.2, 0.25) is 0 Å². The zero-order valence-corrected chi connectivity index (χ0v) is 14.3. The Balaban J connectivity index is 1.94. The summed E-state index contributed by atoms with van der Waals surface area (Å²) in [7, 11) is -2.21. The second kappa shape index (κ2) is 5.44. The summed E-state index contributed by atoms with van der Waals surface area (Å²) in [5.74, 6) is 0.563. The molecule has 0 saturated heterocycles. The number of hydrogen-bond acceptors (Lipinski definition) is 4. The van der Waals surface area contributed by atoms with Crippen LogP contribution in [-0.2, 0) is 21.2 Å². The zero-order chi connectivity index (χ0) is 17.8. The number of nitrogens with two attached hydrogens (primary N) is 1. The maximum Gasteiger partial charge on any atom is 0.238 e. The summed E-state index contributed by atoms with van der Waals surface area (Å²) in [6, 6.07) is 10.3. The van der Waals surface area contributed by atoms with E-state index in [2.05, 4.69) is 5.32 Å². The van der Waals surface area contributed by atoms with Crippen LogP contribution in [0.1, 0.15) is 23.1 Å². The molecule has 0 fully saturated rings. The summed E-state index contributed by atoms with van der Waals surface area (Å²) < 4.78 is 28.7. The van der Waals surface area contributed by atoms with Crippen molar-refractivity contribution < 1.29 is 17.9 Å². The number of methoxy groups -OCH3 is 1. The summed E-state index contributed by atoms with van der Waals surface area (Å²) in [6.07, 6.45) is 0.818. The van der Waals surface area contributed by atoms with Crippen LogP contribution in [0, 0.1) is 0 Å². The van der Waals surface area contributed by atoms with E-state index in [0.717, 1.165) is 33.5 Å². The number of ether oxygens (including phenoxy) is 1. The molecule has 3 N–H and O–H groups in total. The van der Waals surface area contributed by atoms with Crippen LogP contribution >= 0.6 is 0 Å². The lowest BCUT2D eigenvalue weighted by Crippen LogP contribution is -2.13. The van der Waals surface area contributed by atoms with Crippen molar-refractivity contribution in [2.75, 3.05) is 12.4 Å². The minimum absolute atomic E-state index is 0.0514. The summed E-state index contributed by atoms with van der Waals surface area (Å²) in [5, 5.41) is 8.15. The second-order valence-corrected chi connectivity index (χ2v) is 7.70. The molecule has 2 aromatic rings. The molecule has 1 aliphatic heterocycles. The van der Waals surface area contributed by atoms with Crippen LogP contribution in [0.25, 0.3) is 11.1 Å². The van der Waals surface area contributed by atoms with Gasteiger partial charge in [-0.05, 0) is 59.0 Å². The van der Waals surface area contributed by atoms with Gasteiger partial charge < -0.3 is 10.1 Å². The number of sulfonamides is 1. The van der Waals surface area contributed by atoms with Crippen molar-refractivity contribution in [3.63, 3.8) is 0 Å². The molecule has 0 atom stereocenters. The first-order chi connectivity index (χ1) is 11.9. The lowest BCUT2D eigenvalue weighted by atomic mass is 9.98. The van der Waals surface area contributed by atoms with E-state index >= 15 is 0 Å². The van der Waals surface area contributed by atoms with Gasteiger partial charge >= 0.3 is 0 Å². The topological polar surface area (TPSA) is 98.5 Å². The van der Waals surface area contributed by atoms with E-state index in [-0.39, 0.29) is 17.2 Å². The molecule has 4 rings (SSSR count). The van der Waals surface area contributed by atoms with Crippen LogP contribution < -0.4 is 15.2 Å². The molecule has 6 nitrogen and oxygen atoms in total. The van der Waals surface area contributed by atoms with Gasteiger partial charge in [0.2, 0.25) is 15.9 Å². The summed E-state index contributed by atoms with van der Waals surface area (Å²) in [4.78, 5) is 12.4. The first kappa shape index (κ1) is 15.9. The van der Waals surface area contributed by atoms with E-state index < -0.39 is 10.0 Å². The fraction of sp³-hybridized carbons (Fsp3) is 0.167. The molecule has 1 heterocycles. The van der Waals surface area contributed by atoms with Gasteiger partial charge in [0.15, 0.2) is 0 Å². The van der Waals surface area contributed by atoms with E-state index in [1.165, 1.54) is 6.07 Å². The molecule has 2 aromatic carbocycles. The molecule has 25 heavy (non-hydrogen) atoms. The van der Waals surface area contributed by atoms with Crippen LogP contribution in [0.5, 0.6) is 5.75 Å². The maximum absolute atomic E-state index is 12.3. The van der Waals surface area contributed by atoms with E-state index in [1.54, 1.807) is 25.3 Å². The van der Waals surface area contributed by atoms with Crippen molar-refractivity contribution >= 4 is 32.8 Å². The van der Waals surface area contributed by atoms with Crippen molar-refractivity contribution in [2.45, 2.75) is 17.7 Å². The molecule has 0 saturated carbocycles. The van der Waals surface area contributed by atoms with Crippen molar-refractivity contribution in [3.05, 3.63) is 53.1 Å². The van der Waals surface area contributed by atoms with Gasteiger partial charge in [-0.3, -0.25) is 4.79 Å². The third kappa shape index (κ3) is 2.61. The Morgan fingerprint density at radius 2 is 1.80 bits per heavy atom. The van der Waals surface area contributed by atoms with Gasteiger partial charge in [-0.15, -0.1) is 0 Å². The normalized spacial score (nSPS) is 15.8. The first-order valence-electron chi connectivity index (χ1n) is 7.73. The average Bonchev–Trinajstić information content (AvgIpc) is 2.85. The number of fused-ring (bicyclic) bond motifs is 4. The molecule has 0 radical (unpaired) electrons. The zero-order valence-electron chi connectivity index (χ0n) is 13.5. The predicted octanol–water partition coefficient (Wildman–Crippen LogP) is 2.15. The predicted molar refractivity (Wildman–Crippen MR) is 94.6 cm³/mol. The quantitative estimate of drug-likeness (QED) is 0.861. The van der Waals surface area contributed by atoms with Crippen LogP contribution in [-0.4, -0.2) is 21.4 Å². The fourth-order valence-electron chi connectivity index (χ4n) is 3.45. The van der Waals surface area contributed by atoms with Gasteiger partial charge in [-0.1, -0.05) is 6.07 Å². The van der Waals surface area contributed by atoms with Crippen molar-refractivity contribution in [2.24, 2.45) is 5.14 Å². The Morgan fingerprint density at radius 3 is 2.52 bits per heavy atom. The van der Waals surface area contributed by atoms with E-state index in [0.29, 0.717) is 12.2 Å². The van der Waals surface area contributed by atoms with Gasteiger partial charge in [0, 0.05) is 11.3 Å². The minimum atomic E-state index is -3.80. The molecule has 7 heteroatoms. The number of allylic oxidation sites excluding steroid dienone is 1. The SMILES string of the molecule is COc1ccc2c(c1)C1=C(CC(=O)N2)c2cc(S(N)(=O)=O)ccc2C1. The number of amides is 1. The second-order valence-electron chi connectivity index (χ2n) is 6.13. The van der Waals surface area contributed by atoms with Gasteiger partial charge in [-0.2, -0.15) is 0 Å². The number of primary sulfonamides is 1. The molecule has 0 bridgehead atoms. The Bertz CT molecular complexity index is 1050. The number of hydrogen-bond donors (Lipinski definition) is 2. The molecule has 1 aliphatic carbocycles. The molecule has 128 valence electrons. The van der Waals surface area contributed by atoms with Gasteiger partial charge in [-0.25, -0.2) is 13.6 Å². The van der Waals surface area contributed by atoms with E-state index in [9.17, 15) is 13.2 Å². The molecule has 2 aliphatic rings. The number of anilines is 1. The highest BCUT2D eigenvalue weighted by molar-refractivity contribution is 7.89. The lowest BCUT2D eigenvalue weighted by Gasteiger charge is -2.11. The molecule has 1 amide bonds. The highest BCUT2D eigenvalue weighted by atomic mass is 32.2. The molecular formula is C18H16N2O4S. The van der Waals surface area contributed by atoms with E-state index in [1.807, 2.05) is 12.1 Å². The Morgan fingerprint density at radius 1 is 1.04 bits per heavy atom. The molecular weight excluding hydrogens is 340 g/mol. The lowest BCUT2D eigenvalue weighted by molar-refractivity contribution is -0.115. The smallest absolute Gasteiger partial charge is 0.238 e. The monoisotopic (exact) mass is 356 g/mol. The molecule has 0 spiro atoms.